The van der Waals surface area contributed by atoms with Gasteiger partial charge in [-0.25, -0.2) is 4.79 Å². The Hall–Kier alpha value is -0.840. The molecule has 0 aromatic carbocycles. The van der Waals surface area contributed by atoms with Crippen molar-refractivity contribution in [3.8, 4) is 0 Å². The van der Waals surface area contributed by atoms with E-state index in [9.17, 15) is 4.79 Å². The van der Waals surface area contributed by atoms with E-state index in [1.807, 2.05) is 0 Å². The minimum atomic E-state index is -0.613. The zero-order valence-electron chi connectivity index (χ0n) is 5.84. The molecule has 1 amide bonds. The standard InChI is InChI=1S/C5H9NO3S/c1-3-9-5(10)6-4(7)8-2/h3H2,1-2H3,(H,6,7,10). The van der Waals surface area contributed by atoms with Crippen LogP contribution in [0.4, 0.5) is 4.79 Å². The van der Waals surface area contributed by atoms with Crippen molar-refractivity contribution in [3.63, 3.8) is 0 Å². The third-order valence-electron chi connectivity index (χ3n) is 0.665. The van der Waals surface area contributed by atoms with Crippen LogP contribution in [0, 0.1) is 0 Å². The van der Waals surface area contributed by atoms with Gasteiger partial charge in [-0.1, -0.05) is 0 Å². The first kappa shape index (κ1) is 9.16. The van der Waals surface area contributed by atoms with Gasteiger partial charge >= 0.3 is 6.09 Å². The van der Waals surface area contributed by atoms with Crippen molar-refractivity contribution < 1.29 is 14.3 Å². The zero-order chi connectivity index (χ0) is 7.98. The predicted molar refractivity (Wildman–Crippen MR) is 39.8 cm³/mol. The van der Waals surface area contributed by atoms with Crippen LogP contribution < -0.4 is 5.32 Å². The molecule has 0 aliphatic heterocycles. The second kappa shape index (κ2) is 4.99. The quantitative estimate of drug-likeness (QED) is 0.577. The molecule has 0 rings (SSSR count). The van der Waals surface area contributed by atoms with Gasteiger partial charge in [0.25, 0.3) is 5.17 Å². The van der Waals surface area contributed by atoms with Crippen LogP contribution >= 0.6 is 12.2 Å². The van der Waals surface area contributed by atoms with Gasteiger partial charge in [0, 0.05) is 0 Å². The first-order valence-corrected chi connectivity index (χ1v) is 3.13. The van der Waals surface area contributed by atoms with Crippen molar-refractivity contribution in [1.29, 1.82) is 0 Å². The van der Waals surface area contributed by atoms with Gasteiger partial charge in [-0.2, -0.15) is 0 Å². The molecule has 0 saturated heterocycles. The number of alkyl carbamates (subject to hydrolysis) is 1. The number of rotatable bonds is 1. The normalized spacial score (nSPS) is 8.20. The maximum atomic E-state index is 10.4. The molecule has 0 unspecified atom stereocenters. The molecular weight excluding hydrogens is 154 g/mol. The fraction of sp³-hybridized carbons (Fsp3) is 0.600. The Balaban J connectivity index is 3.47. The van der Waals surface area contributed by atoms with Crippen molar-refractivity contribution in [1.82, 2.24) is 5.32 Å². The lowest BCUT2D eigenvalue weighted by Gasteiger charge is -2.03. The lowest BCUT2D eigenvalue weighted by Crippen LogP contribution is -2.30. The van der Waals surface area contributed by atoms with Crippen LogP contribution in [0.1, 0.15) is 6.92 Å². The summed E-state index contributed by atoms with van der Waals surface area (Å²) < 4.78 is 8.98. The molecule has 0 fully saturated rings. The Labute approximate surface area is 64.5 Å². The monoisotopic (exact) mass is 163 g/mol. The molecule has 0 saturated carbocycles. The highest BCUT2D eigenvalue weighted by molar-refractivity contribution is 7.80. The molecule has 4 nitrogen and oxygen atoms in total. The summed E-state index contributed by atoms with van der Waals surface area (Å²) in [6.45, 7) is 2.20. The van der Waals surface area contributed by atoms with E-state index in [4.69, 9.17) is 4.74 Å². The summed E-state index contributed by atoms with van der Waals surface area (Å²) in [6, 6.07) is 0. The van der Waals surface area contributed by atoms with Crippen molar-refractivity contribution in [2.24, 2.45) is 0 Å². The first-order valence-electron chi connectivity index (χ1n) is 2.72. The molecule has 0 spiro atoms. The number of carbonyl (C=O) groups is 1. The van der Waals surface area contributed by atoms with E-state index in [1.165, 1.54) is 7.11 Å². The predicted octanol–water partition coefficient (Wildman–Crippen LogP) is 0.664. The number of hydrogen-bond acceptors (Lipinski definition) is 4. The molecule has 0 heterocycles. The van der Waals surface area contributed by atoms with Gasteiger partial charge in [0.05, 0.1) is 13.7 Å². The fourth-order valence-corrected chi connectivity index (χ4v) is 0.503. The summed E-state index contributed by atoms with van der Waals surface area (Å²) in [4.78, 5) is 10.4. The lowest BCUT2D eigenvalue weighted by atomic mass is 10.9. The number of ether oxygens (including phenoxy) is 2. The summed E-state index contributed by atoms with van der Waals surface area (Å²) in [6.07, 6.45) is -0.613. The maximum Gasteiger partial charge on any atom is 0.414 e. The minimum absolute atomic E-state index is 0.0364. The average molecular weight is 163 g/mol. The number of hydrogen-bond donors (Lipinski definition) is 1. The van der Waals surface area contributed by atoms with E-state index in [2.05, 4.69) is 22.3 Å². The van der Waals surface area contributed by atoms with Crippen LogP contribution in [-0.4, -0.2) is 25.0 Å². The zero-order valence-corrected chi connectivity index (χ0v) is 6.66. The molecule has 0 bridgehead atoms. The van der Waals surface area contributed by atoms with E-state index >= 15 is 0 Å². The van der Waals surface area contributed by atoms with E-state index in [0.717, 1.165) is 0 Å². The van der Waals surface area contributed by atoms with Gasteiger partial charge in [-0.3, -0.25) is 5.32 Å². The van der Waals surface area contributed by atoms with Crippen molar-refractivity contribution in [2.75, 3.05) is 13.7 Å². The number of methoxy groups -OCH3 is 1. The topological polar surface area (TPSA) is 47.6 Å². The molecule has 0 atom stereocenters. The highest BCUT2D eigenvalue weighted by atomic mass is 32.1. The summed E-state index contributed by atoms with van der Waals surface area (Å²) in [5.74, 6) is 0. The van der Waals surface area contributed by atoms with Crippen molar-refractivity contribution in [2.45, 2.75) is 6.92 Å². The highest BCUT2D eigenvalue weighted by Gasteiger charge is 2.01. The molecule has 0 radical (unpaired) electrons. The molecule has 10 heavy (non-hydrogen) atoms. The van der Waals surface area contributed by atoms with Gasteiger partial charge in [-0.15, -0.1) is 0 Å². The second-order valence-corrected chi connectivity index (χ2v) is 1.71. The van der Waals surface area contributed by atoms with Crippen LogP contribution in [-0.2, 0) is 9.47 Å². The second-order valence-electron chi connectivity index (χ2n) is 1.34. The average Bonchev–Trinajstić information content (AvgIpc) is 1.88. The molecule has 1 N–H and O–H groups in total. The van der Waals surface area contributed by atoms with Gasteiger partial charge < -0.3 is 9.47 Å². The van der Waals surface area contributed by atoms with Crippen LogP contribution in [0.2, 0.25) is 0 Å². The van der Waals surface area contributed by atoms with Crippen molar-refractivity contribution >= 4 is 23.5 Å². The molecule has 5 heteroatoms. The largest absolute Gasteiger partial charge is 0.471 e. The van der Waals surface area contributed by atoms with Gasteiger partial charge in [0.15, 0.2) is 0 Å². The number of amides is 1. The van der Waals surface area contributed by atoms with Crippen LogP contribution in [0.25, 0.3) is 0 Å². The number of nitrogens with one attached hydrogen (secondary N) is 1. The lowest BCUT2D eigenvalue weighted by molar-refractivity contribution is 0.173. The Kier molecular flexibility index (Phi) is 4.57. The SMILES string of the molecule is CCOC(=S)NC(=O)OC. The van der Waals surface area contributed by atoms with E-state index in [-0.39, 0.29) is 5.17 Å². The smallest absolute Gasteiger partial charge is 0.414 e. The Morgan fingerprint density at radius 1 is 1.70 bits per heavy atom. The van der Waals surface area contributed by atoms with Gasteiger partial charge in [0.2, 0.25) is 0 Å². The summed E-state index contributed by atoms with van der Waals surface area (Å²) in [5, 5.41) is 2.22. The van der Waals surface area contributed by atoms with E-state index in [0.29, 0.717) is 6.61 Å². The third kappa shape index (κ3) is 4.08. The van der Waals surface area contributed by atoms with Gasteiger partial charge in [-0.05, 0) is 19.1 Å². The molecule has 58 valence electrons. The van der Waals surface area contributed by atoms with Gasteiger partial charge in [0.1, 0.15) is 0 Å². The van der Waals surface area contributed by atoms with Crippen LogP contribution in [0.3, 0.4) is 0 Å². The third-order valence-corrected chi connectivity index (χ3v) is 0.885. The highest BCUT2D eigenvalue weighted by Crippen LogP contribution is 1.78. The Morgan fingerprint density at radius 3 is 2.70 bits per heavy atom. The number of thiocarbonyl (C=S) groups is 1. The van der Waals surface area contributed by atoms with Crippen molar-refractivity contribution in [3.05, 3.63) is 0 Å². The number of carbonyl (C=O) groups excluding carboxylic acids is 1. The van der Waals surface area contributed by atoms with E-state index < -0.39 is 6.09 Å². The Bertz CT molecular complexity index is 137. The van der Waals surface area contributed by atoms with E-state index in [1.54, 1.807) is 6.92 Å². The summed E-state index contributed by atoms with van der Waals surface area (Å²) in [7, 11) is 1.25. The first-order chi connectivity index (χ1) is 4.70. The van der Waals surface area contributed by atoms with Crippen LogP contribution in [0.5, 0.6) is 0 Å². The summed E-state index contributed by atoms with van der Waals surface area (Å²) >= 11 is 4.56. The molecular formula is C5H9NO3S. The summed E-state index contributed by atoms with van der Waals surface area (Å²) in [5.41, 5.74) is 0. The minimum Gasteiger partial charge on any atom is -0.471 e. The maximum absolute atomic E-state index is 10.4. The molecule has 0 aromatic rings. The molecule has 0 aromatic heterocycles. The molecule has 0 aliphatic carbocycles. The Morgan fingerprint density at radius 2 is 2.30 bits per heavy atom. The fourth-order valence-electron chi connectivity index (χ4n) is 0.302. The molecule has 0 aliphatic rings. The van der Waals surface area contributed by atoms with Crippen LogP contribution in [0.15, 0.2) is 0 Å².